The Morgan fingerprint density at radius 1 is 1.27 bits per heavy atom. The highest BCUT2D eigenvalue weighted by Gasteiger charge is 2.57. The second-order valence-corrected chi connectivity index (χ2v) is 8.91. The lowest BCUT2D eigenvalue weighted by Crippen LogP contribution is -2.59. The van der Waals surface area contributed by atoms with Crippen molar-refractivity contribution in [2.45, 2.75) is 24.6 Å². The first-order valence-electron chi connectivity index (χ1n) is 10.2. The molecule has 0 aliphatic carbocycles. The smallest absolute Gasteiger partial charge is 0.257 e. The van der Waals surface area contributed by atoms with Gasteiger partial charge in [-0.2, -0.15) is 16.4 Å². The second-order valence-electron chi connectivity index (χ2n) is 8.13. The van der Waals surface area contributed by atoms with Crippen LogP contribution in [0.4, 0.5) is 0 Å². The predicted octanol–water partition coefficient (Wildman–Crippen LogP) is 2.27. The van der Waals surface area contributed by atoms with Crippen molar-refractivity contribution in [1.29, 1.82) is 0 Å². The predicted molar refractivity (Wildman–Crippen MR) is 114 cm³/mol. The van der Waals surface area contributed by atoms with Crippen molar-refractivity contribution >= 4 is 17.2 Å². The Balaban J connectivity index is 1.45. The third-order valence-corrected chi connectivity index (χ3v) is 6.77. The number of carbonyl (C=O) groups is 1. The molecule has 0 N–H and O–H groups in total. The summed E-state index contributed by atoms with van der Waals surface area (Å²) in [4.78, 5) is 22.4. The van der Waals surface area contributed by atoms with Gasteiger partial charge >= 0.3 is 0 Å². The molecule has 1 amide bonds. The summed E-state index contributed by atoms with van der Waals surface area (Å²) in [6.45, 7) is 3.87. The Morgan fingerprint density at radius 3 is 2.93 bits per heavy atom. The van der Waals surface area contributed by atoms with Gasteiger partial charge in [0, 0.05) is 69.8 Å². The van der Waals surface area contributed by atoms with Gasteiger partial charge in [-0.3, -0.25) is 19.4 Å². The highest BCUT2D eigenvalue weighted by Crippen LogP contribution is 2.42. The van der Waals surface area contributed by atoms with E-state index in [9.17, 15) is 4.79 Å². The Labute approximate surface area is 179 Å². The van der Waals surface area contributed by atoms with Gasteiger partial charge in [-0.05, 0) is 34.0 Å². The molecule has 3 aromatic heterocycles. The van der Waals surface area contributed by atoms with Gasteiger partial charge in [0.25, 0.3) is 5.91 Å². The lowest BCUT2D eigenvalue weighted by Gasteiger charge is -2.42. The van der Waals surface area contributed by atoms with E-state index in [1.54, 1.807) is 17.5 Å². The average Bonchev–Trinajstić information content (AvgIpc) is 3.48. The number of ether oxygens (including phenoxy) is 1. The Hall–Kier alpha value is -2.55. The molecule has 7 nitrogen and oxygen atoms in total. The average molecular weight is 424 g/mol. The van der Waals surface area contributed by atoms with Crippen molar-refractivity contribution in [3.63, 3.8) is 0 Å². The molecular formula is C22H25N5O2S. The van der Waals surface area contributed by atoms with Crippen molar-refractivity contribution in [3.05, 3.63) is 70.4 Å². The molecule has 2 aliphatic rings. The lowest BCUT2D eigenvalue weighted by molar-refractivity contribution is -0.173. The highest BCUT2D eigenvalue weighted by molar-refractivity contribution is 7.07. The number of hydrogen-bond acceptors (Lipinski definition) is 6. The SMILES string of the molecule is Cn1cc(CN2C[C@@H](c3cccnc3)[C@]3(C2)OCCN(Cc2ccsc2)C3=O)cn1. The normalized spacial score (nSPS) is 24.8. The summed E-state index contributed by atoms with van der Waals surface area (Å²) in [5.41, 5.74) is 2.49. The minimum Gasteiger partial charge on any atom is -0.361 e. The largest absolute Gasteiger partial charge is 0.361 e. The molecule has 2 saturated heterocycles. The summed E-state index contributed by atoms with van der Waals surface area (Å²) in [5, 5.41) is 8.45. The molecule has 1 spiro atoms. The maximum absolute atomic E-state index is 13.8. The van der Waals surface area contributed by atoms with Gasteiger partial charge in [0.05, 0.1) is 12.8 Å². The molecule has 156 valence electrons. The minimum atomic E-state index is -0.875. The van der Waals surface area contributed by atoms with Gasteiger partial charge in [0.15, 0.2) is 5.60 Å². The zero-order valence-corrected chi connectivity index (χ0v) is 17.8. The van der Waals surface area contributed by atoms with Gasteiger partial charge in [0.1, 0.15) is 0 Å². The van der Waals surface area contributed by atoms with Gasteiger partial charge in [-0.15, -0.1) is 0 Å². The van der Waals surface area contributed by atoms with Crippen molar-refractivity contribution in [2.24, 2.45) is 7.05 Å². The molecule has 30 heavy (non-hydrogen) atoms. The number of likely N-dealkylation sites (tertiary alicyclic amines) is 1. The molecule has 2 fully saturated rings. The minimum absolute atomic E-state index is 0.0550. The number of carbonyl (C=O) groups excluding carboxylic acids is 1. The van der Waals surface area contributed by atoms with Crippen LogP contribution in [0.25, 0.3) is 0 Å². The van der Waals surface area contributed by atoms with Crippen LogP contribution >= 0.6 is 11.3 Å². The fourth-order valence-corrected chi connectivity index (χ4v) is 5.35. The van der Waals surface area contributed by atoms with Crippen LogP contribution in [0.5, 0.6) is 0 Å². The summed E-state index contributed by atoms with van der Waals surface area (Å²) in [6, 6.07) is 6.08. The maximum Gasteiger partial charge on any atom is 0.257 e. The monoisotopic (exact) mass is 423 g/mol. The van der Waals surface area contributed by atoms with E-state index in [2.05, 4.69) is 37.9 Å². The van der Waals surface area contributed by atoms with Gasteiger partial charge in [-0.25, -0.2) is 0 Å². The molecule has 5 heterocycles. The first kappa shape index (κ1) is 19.4. The molecule has 0 aromatic carbocycles. The molecule has 0 bridgehead atoms. The number of thiophene rings is 1. The van der Waals surface area contributed by atoms with Crippen molar-refractivity contribution in [2.75, 3.05) is 26.2 Å². The molecule has 0 saturated carbocycles. The number of hydrogen-bond donors (Lipinski definition) is 0. The summed E-state index contributed by atoms with van der Waals surface area (Å²) in [5.74, 6) is 0.0307. The van der Waals surface area contributed by atoms with Crippen LogP contribution in [0.15, 0.2) is 53.7 Å². The van der Waals surface area contributed by atoms with Crippen LogP contribution < -0.4 is 0 Å². The molecule has 2 atom stereocenters. The summed E-state index contributed by atoms with van der Waals surface area (Å²) < 4.78 is 8.16. The summed E-state index contributed by atoms with van der Waals surface area (Å²) in [7, 11) is 1.92. The number of aromatic nitrogens is 3. The fraction of sp³-hybridized carbons (Fsp3) is 0.409. The van der Waals surface area contributed by atoms with Crippen molar-refractivity contribution in [3.8, 4) is 0 Å². The van der Waals surface area contributed by atoms with Crippen LogP contribution in [-0.4, -0.2) is 62.3 Å². The fourth-order valence-electron chi connectivity index (χ4n) is 4.69. The van der Waals surface area contributed by atoms with Crippen LogP contribution in [0, 0.1) is 0 Å². The van der Waals surface area contributed by atoms with E-state index >= 15 is 0 Å². The standard InChI is InChI=1S/C22H25N5O2S/c1-25-11-18(9-24-25)12-26-14-20(19-3-2-5-23-10-19)22(16-26)21(28)27(6-7-29-22)13-17-4-8-30-15-17/h2-5,8-11,15,20H,6-7,12-14,16H2,1H3/t20-,22-/m0/s1. The van der Waals surface area contributed by atoms with Crippen molar-refractivity contribution in [1.82, 2.24) is 24.6 Å². The first-order chi connectivity index (χ1) is 14.6. The van der Waals surface area contributed by atoms with E-state index in [4.69, 9.17) is 4.74 Å². The molecule has 5 rings (SSSR count). The maximum atomic E-state index is 13.8. The zero-order chi connectivity index (χ0) is 20.6. The molecular weight excluding hydrogens is 398 g/mol. The number of pyridine rings is 1. The third kappa shape index (κ3) is 3.55. The molecule has 2 aliphatic heterocycles. The van der Waals surface area contributed by atoms with Gasteiger partial charge < -0.3 is 9.64 Å². The molecule has 0 radical (unpaired) electrons. The van der Waals surface area contributed by atoms with E-state index < -0.39 is 5.60 Å². The number of rotatable bonds is 5. The molecule has 0 unspecified atom stereocenters. The van der Waals surface area contributed by atoms with Gasteiger partial charge in [-0.1, -0.05) is 6.07 Å². The number of morpholine rings is 1. The second kappa shape index (κ2) is 7.94. The van der Waals surface area contributed by atoms with Crippen LogP contribution in [0.3, 0.4) is 0 Å². The summed E-state index contributed by atoms with van der Waals surface area (Å²) in [6.07, 6.45) is 7.55. The van der Waals surface area contributed by atoms with E-state index in [-0.39, 0.29) is 11.8 Å². The highest BCUT2D eigenvalue weighted by atomic mass is 32.1. The summed E-state index contributed by atoms with van der Waals surface area (Å²) >= 11 is 1.66. The third-order valence-electron chi connectivity index (χ3n) is 6.04. The Bertz CT molecular complexity index is 1010. The molecule has 8 heteroatoms. The Morgan fingerprint density at radius 2 is 2.20 bits per heavy atom. The molecule has 3 aromatic rings. The topological polar surface area (TPSA) is 63.5 Å². The van der Waals surface area contributed by atoms with Crippen molar-refractivity contribution < 1.29 is 9.53 Å². The lowest BCUT2D eigenvalue weighted by atomic mass is 9.83. The van der Waals surface area contributed by atoms with E-state index in [0.717, 1.165) is 24.2 Å². The number of amides is 1. The van der Waals surface area contributed by atoms with E-state index in [1.807, 2.05) is 41.3 Å². The number of nitrogens with zero attached hydrogens (tertiary/aromatic N) is 5. The van der Waals surface area contributed by atoms with Gasteiger partial charge in [0.2, 0.25) is 0 Å². The van der Waals surface area contributed by atoms with E-state index in [1.165, 1.54) is 5.56 Å². The first-order valence-corrected chi connectivity index (χ1v) is 11.1. The Kier molecular flexibility index (Phi) is 5.14. The zero-order valence-electron chi connectivity index (χ0n) is 17.0. The van der Waals surface area contributed by atoms with Crippen LogP contribution in [-0.2, 0) is 29.7 Å². The van der Waals surface area contributed by atoms with Crippen LogP contribution in [0.1, 0.15) is 22.6 Å². The quantitative estimate of drug-likeness (QED) is 0.630. The number of aryl methyl sites for hydroxylation is 1. The van der Waals surface area contributed by atoms with E-state index in [0.29, 0.717) is 26.2 Å². The van der Waals surface area contributed by atoms with Crippen LogP contribution in [0.2, 0.25) is 0 Å².